The van der Waals surface area contributed by atoms with Crippen molar-refractivity contribution in [1.82, 2.24) is 5.32 Å². The zero-order chi connectivity index (χ0) is 23.1. The highest BCUT2D eigenvalue weighted by Gasteiger charge is 2.42. The highest BCUT2D eigenvalue weighted by molar-refractivity contribution is 7.92. The van der Waals surface area contributed by atoms with Crippen LogP contribution in [0.5, 0.6) is 0 Å². The summed E-state index contributed by atoms with van der Waals surface area (Å²) < 4.78 is 70.9. The molecule has 1 fully saturated rings. The summed E-state index contributed by atoms with van der Waals surface area (Å²) in [4.78, 5) is -0.652. The van der Waals surface area contributed by atoms with E-state index in [4.69, 9.17) is 16.3 Å². The molecule has 9 heteroatoms. The highest BCUT2D eigenvalue weighted by atomic mass is 35.5. The first-order chi connectivity index (χ1) is 14.6. The fourth-order valence-electron chi connectivity index (χ4n) is 3.26. The molecule has 2 aromatic carbocycles. The predicted octanol–water partition coefficient (Wildman–Crippen LogP) is 5.62. The smallest absolute Gasteiger partial charge is 0.394 e. The molecule has 1 aliphatic carbocycles. The SMILES string of the molecule is C=CNC.O=S(=O)(c1ccccc1C(F)(F)F)[C@@H]1CC[C@H](OCc2ccc(Cl)cc2)C1. The molecule has 3 rings (SSSR count). The average molecular weight is 476 g/mol. The van der Waals surface area contributed by atoms with Crippen molar-refractivity contribution in [1.29, 1.82) is 0 Å². The topological polar surface area (TPSA) is 55.4 Å². The van der Waals surface area contributed by atoms with Crippen molar-refractivity contribution in [3.05, 3.63) is 77.5 Å². The summed E-state index contributed by atoms with van der Waals surface area (Å²) in [6.07, 6.45) is -2.45. The molecule has 0 bridgehead atoms. The fraction of sp³-hybridized carbons (Fsp3) is 0.364. The molecule has 170 valence electrons. The maximum Gasteiger partial charge on any atom is 0.417 e. The molecular formula is C22H25ClF3NO3S. The van der Waals surface area contributed by atoms with Gasteiger partial charge in [0.25, 0.3) is 0 Å². The Morgan fingerprint density at radius 2 is 1.77 bits per heavy atom. The Morgan fingerprint density at radius 3 is 2.35 bits per heavy atom. The number of hydrogen-bond acceptors (Lipinski definition) is 4. The second-order valence-electron chi connectivity index (χ2n) is 7.03. The van der Waals surface area contributed by atoms with Gasteiger partial charge in [-0.15, -0.1) is 0 Å². The normalized spacial score (nSPS) is 18.7. The maximum absolute atomic E-state index is 13.2. The van der Waals surface area contributed by atoms with Crippen LogP contribution >= 0.6 is 11.6 Å². The molecule has 31 heavy (non-hydrogen) atoms. The van der Waals surface area contributed by atoms with E-state index in [-0.39, 0.29) is 18.9 Å². The van der Waals surface area contributed by atoms with Crippen molar-refractivity contribution < 1.29 is 26.3 Å². The Kier molecular flexibility index (Phi) is 8.97. The van der Waals surface area contributed by atoms with Gasteiger partial charge in [-0.05, 0) is 55.3 Å². The first-order valence-corrected chi connectivity index (χ1v) is 11.6. The first-order valence-electron chi connectivity index (χ1n) is 9.64. The minimum atomic E-state index is -4.72. The molecule has 0 unspecified atom stereocenters. The largest absolute Gasteiger partial charge is 0.417 e. The van der Waals surface area contributed by atoms with Gasteiger partial charge in [0, 0.05) is 12.1 Å². The van der Waals surface area contributed by atoms with Crippen LogP contribution in [-0.4, -0.2) is 26.8 Å². The molecule has 0 spiro atoms. The summed E-state index contributed by atoms with van der Waals surface area (Å²) in [6, 6.07) is 11.4. The Bertz CT molecular complexity index is 963. The van der Waals surface area contributed by atoms with Crippen molar-refractivity contribution in [3.8, 4) is 0 Å². The van der Waals surface area contributed by atoms with Crippen LogP contribution in [-0.2, 0) is 27.4 Å². The van der Waals surface area contributed by atoms with Gasteiger partial charge in [0.1, 0.15) is 0 Å². The minimum absolute atomic E-state index is 0.183. The van der Waals surface area contributed by atoms with Crippen LogP contribution < -0.4 is 5.32 Å². The second-order valence-corrected chi connectivity index (χ2v) is 9.66. The Hall–Kier alpha value is -2.03. The molecule has 1 N–H and O–H groups in total. The van der Waals surface area contributed by atoms with Crippen LogP contribution in [0, 0.1) is 0 Å². The number of nitrogens with one attached hydrogen (secondary N) is 1. The van der Waals surface area contributed by atoms with E-state index in [1.54, 1.807) is 18.3 Å². The van der Waals surface area contributed by atoms with Gasteiger partial charge in [0.05, 0.1) is 28.4 Å². The predicted molar refractivity (Wildman–Crippen MR) is 116 cm³/mol. The van der Waals surface area contributed by atoms with E-state index < -0.39 is 31.7 Å². The van der Waals surface area contributed by atoms with E-state index in [2.05, 4.69) is 11.9 Å². The number of alkyl halides is 3. The van der Waals surface area contributed by atoms with E-state index in [0.717, 1.165) is 17.7 Å². The van der Waals surface area contributed by atoms with Crippen molar-refractivity contribution in [2.24, 2.45) is 0 Å². The van der Waals surface area contributed by atoms with Crippen molar-refractivity contribution in [2.45, 2.75) is 48.3 Å². The van der Waals surface area contributed by atoms with Gasteiger partial charge in [-0.1, -0.05) is 42.4 Å². The van der Waals surface area contributed by atoms with Gasteiger partial charge in [-0.25, -0.2) is 8.42 Å². The van der Waals surface area contributed by atoms with Crippen LogP contribution in [0.15, 0.2) is 66.2 Å². The standard InChI is InChI=1S/C19H18ClF3O3S.C3H7N/c20-14-7-5-13(6-8-14)12-26-15-9-10-16(11-15)27(24,25)18-4-2-1-3-17(18)19(21,22)23;1-3-4-2/h1-8,15-16H,9-12H2;3-4H,1H2,2H3/t15-,16+;/m0./s1. The molecule has 0 amide bonds. The zero-order valence-corrected chi connectivity index (χ0v) is 18.6. The molecule has 1 aliphatic rings. The van der Waals surface area contributed by atoms with Gasteiger partial charge in [0.15, 0.2) is 9.84 Å². The summed E-state index contributed by atoms with van der Waals surface area (Å²) in [6.45, 7) is 3.67. The number of hydrogen-bond donors (Lipinski definition) is 1. The third-order valence-corrected chi connectivity index (χ3v) is 7.40. The van der Waals surface area contributed by atoms with Gasteiger partial charge in [0.2, 0.25) is 0 Å². The number of rotatable bonds is 6. The molecule has 2 aromatic rings. The molecule has 0 aliphatic heterocycles. The quantitative estimate of drug-likeness (QED) is 0.589. The Balaban J connectivity index is 0.000000785. The molecule has 4 nitrogen and oxygen atoms in total. The maximum atomic E-state index is 13.2. The third-order valence-electron chi connectivity index (χ3n) is 4.88. The molecule has 2 atom stereocenters. The summed E-state index contributed by atoms with van der Waals surface area (Å²) in [5.41, 5.74) is -0.219. The van der Waals surface area contributed by atoms with Gasteiger partial charge < -0.3 is 10.1 Å². The molecule has 0 radical (unpaired) electrons. The average Bonchev–Trinajstić information content (AvgIpc) is 3.23. The van der Waals surface area contributed by atoms with E-state index in [1.165, 1.54) is 12.1 Å². The Morgan fingerprint density at radius 1 is 1.16 bits per heavy atom. The van der Waals surface area contributed by atoms with Crippen LogP contribution in [0.25, 0.3) is 0 Å². The lowest BCUT2D eigenvalue weighted by molar-refractivity contribution is -0.139. The van der Waals surface area contributed by atoms with Crippen LogP contribution in [0.3, 0.4) is 0 Å². The number of ether oxygens (including phenoxy) is 1. The molecule has 0 heterocycles. The molecular weight excluding hydrogens is 451 g/mol. The summed E-state index contributed by atoms with van der Waals surface area (Å²) >= 11 is 5.82. The first kappa shape index (κ1) is 25.2. The fourth-order valence-corrected chi connectivity index (χ4v) is 5.42. The van der Waals surface area contributed by atoms with E-state index in [9.17, 15) is 21.6 Å². The van der Waals surface area contributed by atoms with E-state index >= 15 is 0 Å². The zero-order valence-electron chi connectivity index (χ0n) is 17.0. The van der Waals surface area contributed by atoms with Gasteiger partial charge in [-0.3, -0.25) is 0 Å². The summed E-state index contributed by atoms with van der Waals surface area (Å²) in [5.74, 6) is 0. The highest BCUT2D eigenvalue weighted by Crippen LogP contribution is 2.38. The van der Waals surface area contributed by atoms with E-state index in [1.807, 2.05) is 19.2 Å². The molecule has 0 saturated heterocycles. The molecule has 1 saturated carbocycles. The monoisotopic (exact) mass is 475 g/mol. The summed E-state index contributed by atoms with van der Waals surface area (Å²) in [7, 11) is -2.28. The summed E-state index contributed by atoms with van der Waals surface area (Å²) in [5, 5.41) is 2.42. The minimum Gasteiger partial charge on any atom is -0.394 e. The lowest BCUT2D eigenvalue weighted by atomic mass is 10.2. The van der Waals surface area contributed by atoms with Crippen LogP contribution in [0.2, 0.25) is 5.02 Å². The van der Waals surface area contributed by atoms with Crippen molar-refractivity contribution in [2.75, 3.05) is 7.05 Å². The van der Waals surface area contributed by atoms with Crippen molar-refractivity contribution in [3.63, 3.8) is 0 Å². The lowest BCUT2D eigenvalue weighted by Gasteiger charge is -2.17. The number of sulfone groups is 1. The number of halogens is 4. The molecule has 0 aromatic heterocycles. The van der Waals surface area contributed by atoms with E-state index in [0.29, 0.717) is 18.1 Å². The van der Waals surface area contributed by atoms with Gasteiger partial charge in [-0.2, -0.15) is 13.2 Å². The van der Waals surface area contributed by atoms with Crippen molar-refractivity contribution >= 4 is 21.4 Å². The third kappa shape index (κ3) is 6.98. The van der Waals surface area contributed by atoms with Crippen LogP contribution in [0.1, 0.15) is 30.4 Å². The van der Waals surface area contributed by atoms with Crippen LogP contribution in [0.4, 0.5) is 13.2 Å². The van der Waals surface area contributed by atoms with Gasteiger partial charge >= 0.3 is 6.18 Å². The Labute approximate surface area is 186 Å². The second kappa shape index (κ2) is 11.0. The lowest BCUT2D eigenvalue weighted by Crippen LogP contribution is -2.23. The number of benzene rings is 2.